The summed E-state index contributed by atoms with van der Waals surface area (Å²) >= 11 is 0. The topological polar surface area (TPSA) is 188 Å². The molecule has 4 rings (SSSR count). The first kappa shape index (κ1) is 58.8. The van der Waals surface area contributed by atoms with Crippen molar-refractivity contribution in [3.63, 3.8) is 0 Å². The van der Waals surface area contributed by atoms with Crippen LogP contribution in [0.4, 0.5) is 15.8 Å². The van der Waals surface area contributed by atoms with Crippen molar-refractivity contribution in [3.8, 4) is 0 Å². The number of allylic oxidation sites excluding steroid dienone is 1. The first-order valence-corrected chi connectivity index (χ1v) is 27.1. The van der Waals surface area contributed by atoms with Crippen molar-refractivity contribution < 1.29 is 41.3 Å². The number of halogens is 1. The van der Waals surface area contributed by atoms with Gasteiger partial charge in [-0.25, -0.2) is 17.0 Å². The molecular weight excluding hydrogens is 868 g/mol. The number of unbranched alkanes of at least 4 members (excludes halogenated alkanes) is 6. The second kappa shape index (κ2) is 29.4. The van der Waals surface area contributed by atoms with Crippen molar-refractivity contribution in [1.29, 1.82) is 0 Å². The smallest absolute Gasteiger partial charge is 0.300 e. The Balaban J connectivity index is 0.000000517. The standard InChI is InChI=1S/C24H42N2O4S.C13H19F.C11H16N2O2S.C2H4O2/c1-5-8-10-11-12-15-20-18-24(20,22(28)26-31(29,30)23(4)16-17-23)25-21(27)19(13-7-3)14-9-6-2;1-3-5-6-9-12-11(4-2)8-7-10-13(12)14;1-9(14)8-12-10-5-4-6-11(7-10)13-16(2,3)15;1-2(3)4/h12,15,19-20H,5-11,13-14,16-18H2,1-4H3,(H,25,27)(H,26,28);7-8,10H,3-6,9H2,1-2H3;4-7,12H,2,8H2,1,3H3,(H,13,15);1H3,(H,3,4)/b15-12-;;;/t19?,20?,24-;;;/m1.../s1. The Hall–Kier alpha value is -4.24. The van der Waals surface area contributed by atoms with Gasteiger partial charge in [0.1, 0.15) is 17.1 Å². The largest absolute Gasteiger partial charge is 0.481 e. The second-order valence-corrected chi connectivity index (χ2v) is 22.1. The molecule has 2 amide bonds. The van der Waals surface area contributed by atoms with Gasteiger partial charge in [-0.15, -0.1) is 0 Å². The third-order valence-corrected chi connectivity index (χ3v) is 14.0. The molecule has 0 aliphatic heterocycles. The maximum absolute atomic E-state index is 13.5. The maximum Gasteiger partial charge on any atom is 0.300 e. The van der Waals surface area contributed by atoms with Crippen LogP contribution in [0.1, 0.15) is 163 Å². The van der Waals surface area contributed by atoms with Crippen LogP contribution in [0.3, 0.4) is 0 Å². The van der Waals surface area contributed by atoms with E-state index >= 15 is 0 Å². The molecule has 0 radical (unpaired) electrons. The summed E-state index contributed by atoms with van der Waals surface area (Å²) in [5, 5.41) is 13.4. The van der Waals surface area contributed by atoms with Gasteiger partial charge in [-0.05, 0) is 119 Å². The zero-order valence-corrected chi connectivity index (χ0v) is 42.4. The third kappa shape index (κ3) is 22.7. The van der Waals surface area contributed by atoms with Crippen molar-refractivity contribution in [1.82, 2.24) is 10.0 Å². The number of nitrogens with one attached hydrogen (secondary N) is 4. The highest BCUT2D eigenvalue weighted by molar-refractivity contribution is 8.00. The summed E-state index contributed by atoms with van der Waals surface area (Å²) in [6.45, 7) is 15.1. The fourth-order valence-corrected chi connectivity index (χ4v) is 8.94. The van der Waals surface area contributed by atoms with Crippen LogP contribution in [0.2, 0.25) is 0 Å². The van der Waals surface area contributed by atoms with Gasteiger partial charge in [0.05, 0.1) is 11.3 Å². The highest BCUT2D eigenvalue weighted by atomic mass is 32.2. The lowest BCUT2D eigenvalue weighted by Gasteiger charge is -2.23. The number of carboxylic acids is 1. The van der Waals surface area contributed by atoms with Crippen LogP contribution in [-0.4, -0.2) is 70.3 Å². The lowest BCUT2D eigenvalue weighted by Crippen LogP contribution is -2.54. The highest BCUT2D eigenvalue weighted by Crippen LogP contribution is 2.47. The molecule has 0 aromatic heterocycles. The van der Waals surface area contributed by atoms with Crippen LogP contribution in [0.5, 0.6) is 0 Å². The predicted molar refractivity (Wildman–Crippen MR) is 268 cm³/mol. The molecule has 2 aromatic rings. The quantitative estimate of drug-likeness (QED) is 0.0367. The van der Waals surface area contributed by atoms with Gasteiger partial charge in [-0.1, -0.05) is 110 Å². The van der Waals surface area contributed by atoms with Gasteiger partial charge in [0.25, 0.3) is 11.9 Å². The van der Waals surface area contributed by atoms with Gasteiger partial charge < -0.3 is 20.5 Å². The van der Waals surface area contributed by atoms with E-state index in [1.807, 2.05) is 24.3 Å². The number of benzene rings is 2. The number of carbonyl (C=O) groups excluding carboxylic acids is 3. The Labute approximate surface area is 391 Å². The monoisotopic (exact) mass is 949 g/mol. The molecule has 368 valence electrons. The van der Waals surface area contributed by atoms with Crippen molar-refractivity contribution in [2.75, 3.05) is 22.8 Å². The average Bonchev–Trinajstić information content (AvgIpc) is 4.15. The number of hydrogen-bond donors (Lipinski definition) is 5. The van der Waals surface area contributed by atoms with Crippen LogP contribution in [0.25, 0.3) is 0 Å². The summed E-state index contributed by atoms with van der Waals surface area (Å²) in [4.78, 5) is 46.0. The van der Waals surface area contributed by atoms with Crippen molar-refractivity contribution in [3.05, 3.63) is 71.6 Å². The summed E-state index contributed by atoms with van der Waals surface area (Å²) in [5.74, 6) is 1.72. The molecule has 3 unspecified atom stereocenters. The number of hydrogen-bond acceptors (Lipinski definition) is 8. The van der Waals surface area contributed by atoms with E-state index < -0.39 is 41.9 Å². The molecule has 0 saturated heterocycles. The number of rotatable bonds is 25. The van der Waals surface area contributed by atoms with E-state index in [1.165, 1.54) is 31.6 Å². The molecule has 15 heteroatoms. The lowest BCUT2D eigenvalue weighted by atomic mass is 9.95. The molecule has 0 heterocycles. The number of anilines is 2. The van der Waals surface area contributed by atoms with Gasteiger partial charge in [0, 0.05) is 46.1 Å². The molecule has 12 nitrogen and oxygen atoms in total. The van der Waals surface area contributed by atoms with Gasteiger partial charge in [0.15, 0.2) is 0 Å². The lowest BCUT2D eigenvalue weighted by molar-refractivity contribution is -0.134. The summed E-state index contributed by atoms with van der Waals surface area (Å²) in [7, 11) is -6.01. The third-order valence-electron chi connectivity index (χ3n) is 11.2. The number of carboxylic acid groups (broad SMARTS) is 1. The minimum atomic E-state index is -3.74. The fraction of sp³-hybridized carbons (Fsp3) is 0.620. The molecule has 5 N–H and O–H groups in total. The maximum atomic E-state index is 13.5. The number of sulfonamides is 1. The summed E-state index contributed by atoms with van der Waals surface area (Å²) in [6, 6.07) is 12.7. The Morgan fingerprint density at radius 2 is 1.48 bits per heavy atom. The van der Waals surface area contributed by atoms with Crippen molar-refractivity contribution >= 4 is 60.5 Å². The highest BCUT2D eigenvalue weighted by Gasteiger charge is 2.62. The number of carbonyl (C=O) groups is 4. The van der Waals surface area contributed by atoms with Gasteiger partial charge in [-0.2, -0.15) is 0 Å². The first-order chi connectivity index (χ1) is 30.5. The second-order valence-electron chi connectivity index (χ2n) is 17.7. The van der Waals surface area contributed by atoms with E-state index in [2.05, 4.69) is 66.6 Å². The molecule has 2 saturated carbocycles. The SMILES string of the molecule is C=S(C)(=O)Nc1cccc(NCC(C)=O)c1.CC(=O)O.CCCCC/C=C\C1C[C@]1(NC(=O)C(CCC)CCCC)C(=O)NS(=O)(=O)C1(C)CC1.CCCCCc1c(F)cccc1CC. The average molecular weight is 949 g/mol. The van der Waals surface area contributed by atoms with E-state index in [0.29, 0.717) is 19.3 Å². The van der Waals surface area contributed by atoms with Gasteiger partial charge in [0.2, 0.25) is 15.9 Å². The summed E-state index contributed by atoms with van der Waals surface area (Å²) < 4.78 is 54.4. The van der Waals surface area contributed by atoms with E-state index in [9.17, 15) is 31.4 Å². The molecule has 0 bridgehead atoms. The van der Waals surface area contributed by atoms with Crippen molar-refractivity contribution in [2.24, 2.45) is 11.8 Å². The number of aryl methyl sites for hydroxylation is 1. The van der Waals surface area contributed by atoms with Crippen LogP contribution < -0.4 is 20.1 Å². The van der Waals surface area contributed by atoms with Crippen LogP contribution in [0.15, 0.2) is 54.6 Å². The fourth-order valence-electron chi connectivity index (χ4n) is 7.00. The molecule has 2 aliphatic rings. The molecule has 65 heavy (non-hydrogen) atoms. The molecule has 4 atom stereocenters. The number of Topliss-reactive ketones (excluding diaryl/α,β-unsaturated/α-hetero) is 1. The minimum absolute atomic E-state index is 0.0274. The van der Waals surface area contributed by atoms with E-state index in [-0.39, 0.29) is 35.9 Å². The van der Waals surface area contributed by atoms with E-state index in [0.717, 1.165) is 101 Å². The zero-order chi connectivity index (χ0) is 49.3. The summed E-state index contributed by atoms with van der Waals surface area (Å²) in [5.41, 5.74) is 2.49. The summed E-state index contributed by atoms with van der Waals surface area (Å²) in [6.07, 6.45) is 21.2. The van der Waals surface area contributed by atoms with Crippen molar-refractivity contribution in [2.45, 2.75) is 175 Å². The Morgan fingerprint density at radius 1 is 0.877 bits per heavy atom. The first-order valence-electron chi connectivity index (χ1n) is 23.5. The molecule has 0 spiro atoms. The molecule has 2 fully saturated rings. The predicted octanol–water partition coefficient (Wildman–Crippen LogP) is 10.2. The van der Waals surface area contributed by atoms with Gasteiger partial charge in [-0.3, -0.25) is 23.9 Å². The Bertz CT molecular complexity index is 2050. The van der Waals surface area contributed by atoms with E-state index in [4.69, 9.17) is 9.90 Å². The normalized spacial score (nSPS) is 18.1. The number of amides is 2. The zero-order valence-electron chi connectivity index (χ0n) is 40.8. The van der Waals surface area contributed by atoms with Crippen LogP contribution >= 0.6 is 0 Å². The molecule has 2 aliphatic carbocycles. The van der Waals surface area contributed by atoms with Crippen LogP contribution in [-0.2, 0) is 51.8 Å². The molecule has 2 aromatic carbocycles. The molecular formula is C50H81FN4O8S2. The van der Waals surface area contributed by atoms with E-state index in [1.54, 1.807) is 31.2 Å². The Morgan fingerprint density at radius 3 is 2.03 bits per heavy atom. The van der Waals surface area contributed by atoms with Gasteiger partial charge >= 0.3 is 0 Å². The number of ketones is 1. The Kier molecular flexibility index (Phi) is 26.6. The van der Waals surface area contributed by atoms with Crippen LogP contribution in [0, 0.1) is 17.7 Å². The number of aliphatic carboxylic acids is 1. The minimum Gasteiger partial charge on any atom is -0.481 e.